The Kier molecular flexibility index (Phi) is 5.33. The number of nitrogens with zero attached hydrogens (tertiary/aromatic N) is 6. The average Bonchev–Trinajstić information content (AvgIpc) is 3.22. The fourth-order valence-electron chi connectivity index (χ4n) is 3.05. The van der Waals surface area contributed by atoms with Crippen molar-refractivity contribution in [3.05, 3.63) is 22.4 Å². The molecular formula is C16H22N6OS2. The molecule has 7 nitrogen and oxygen atoms in total. The number of carbonyl (C=O) groups excluding carboxylic acids is 1. The lowest BCUT2D eigenvalue weighted by Gasteiger charge is -2.21. The van der Waals surface area contributed by atoms with Crippen molar-refractivity contribution in [1.82, 2.24) is 30.0 Å². The first-order valence-electron chi connectivity index (χ1n) is 8.73. The summed E-state index contributed by atoms with van der Waals surface area (Å²) in [6.07, 6.45) is 3.30. The minimum atomic E-state index is 0.188. The summed E-state index contributed by atoms with van der Waals surface area (Å²) >= 11 is 3.26. The van der Waals surface area contributed by atoms with Gasteiger partial charge in [-0.25, -0.2) is 4.68 Å². The standard InChI is InChI=1S/C16H22N6OS2/c23-15(12-25-16-17-18-19-22(16)13-4-5-13)21-7-2-6-20(8-9-21)11-14-3-1-10-24-14/h1,3,10,13H,2,4-9,11-12H2. The van der Waals surface area contributed by atoms with Crippen LogP contribution in [0, 0.1) is 0 Å². The van der Waals surface area contributed by atoms with Crippen LogP contribution >= 0.6 is 23.1 Å². The first-order chi connectivity index (χ1) is 12.3. The highest BCUT2D eigenvalue weighted by Crippen LogP contribution is 2.36. The van der Waals surface area contributed by atoms with Crippen molar-refractivity contribution >= 4 is 29.0 Å². The maximum atomic E-state index is 12.6. The van der Waals surface area contributed by atoms with Crippen LogP contribution in [-0.2, 0) is 11.3 Å². The van der Waals surface area contributed by atoms with Crippen LogP contribution in [0.2, 0.25) is 0 Å². The summed E-state index contributed by atoms with van der Waals surface area (Å²) in [6, 6.07) is 4.72. The molecule has 0 aromatic carbocycles. The minimum absolute atomic E-state index is 0.188. The lowest BCUT2D eigenvalue weighted by Crippen LogP contribution is -2.36. The molecule has 2 aromatic heterocycles. The van der Waals surface area contributed by atoms with Gasteiger partial charge in [-0.1, -0.05) is 17.8 Å². The highest BCUT2D eigenvalue weighted by atomic mass is 32.2. The van der Waals surface area contributed by atoms with Gasteiger partial charge in [0, 0.05) is 37.6 Å². The van der Waals surface area contributed by atoms with Gasteiger partial charge in [-0.05, 0) is 41.1 Å². The summed E-state index contributed by atoms with van der Waals surface area (Å²) in [7, 11) is 0. The van der Waals surface area contributed by atoms with Gasteiger partial charge in [0.15, 0.2) is 0 Å². The van der Waals surface area contributed by atoms with Gasteiger partial charge in [0.2, 0.25) is 11.1 Å². The molecule has 0 bridgehead atoms. The van der Waals surface area contributed by atoms with Gasteiger partial charge in [0.25, 0.3) is 0 Å². The van der Waals surface area contributed by atoms with Crippen molar-refractivity contribution in [2.45, 2.75) is 37.0 Å². The Morgan fingerprint density at radius 2 is 2.20 bits per heavy atom. The number of aromatic nitrogens is 4. The second kappa shape index (κ2) is 7.84. The zero-order chi connectivity index (χ0) is 17.1. The van der Waals surface area contributed by atoms with E-state index < -0.39 is 0 Å². The SMILES string of the molecule is O=C(CSc1nnnn1C1CC1)N1CCCN(Cc2cccs2)CC1. The van der Waals surface area contributed by atoms with E-state index in [4.69, 9.17) is 0 Å². The van der Waals surface area contributed by atoms with Gasteiger partial charge >= 0.3 is 0 Å². The number of carbonyl (C=O) groups is 1. The van der Waals surface area contributed by atoms with E-state index in [0.717, 1.165) is 57.1 Å². The van der Waals surface area contributed by atoms with Gasteiger partial charge in [0.05, 0.1) is 11.8 Å². The molecular weight excluding hydrogens is 356 g/mol. The fraction of sp³-hybridized carbons (Fsp3) is 0.625. The molecule has 2 aliphatic rings. The van der Waals surface area contributed by atoms with Crippen LogP contribution in [0.5, 0.6) is 0 Å². The van der Waals surface area contributed by atoms with Crippen molar-refractivity contribution in [3.63, 3.8) is 0 Å². The maximum Gasteiger partial charge on any atom is 0.233 e. The molecule has 134 valence electrons. The van der Waals surface area contributed by atoms with Crippen LogP contribution in [-0.4, -0.2) is 67.8 Å². The van der Waals surface area contributed by atoms with Gasteiger partial charge in [0.1, 0.15) is 0 Å². The minimum Gasteiger partial charge on any atom is -0.341 e. The molecule has 4 rings (SSSR count). The van der Waals surface area contributed by atoms with E-state index in [2.05, 4.69) is 37.9 Å². The molecule has 0 spiro atoms. The first kappa shape index (κ1) is 17.0. The molecule has 0 atom stereocenters. The molecule has 25 heavy (non-hydrogen) atoms. The van der Waals surface area contributed by atoms with Crippen molar-refractivity contribution in [2.75, 3.05) is 31.9 Å². The Bertz CT molecular complexity index is 699. The molecule has 3 heterocycles. The predicted octanol–water partition coefficient (Wildman–Crippen LogP) is 1.90. The second-order valence-corrected chi connectivity index (χ2v) is 8.49. The van der Waals surface area contributed by atoms with Gasteiger partial charge in [-0.3, -0.25) is 9.69 Å². The summed E-state index contributed by atoms with van der Waals surface area (Å²) in [5.41, 5.74) is 0. The monoisotopic (exact) mass is 378 g/mol. The quantitative estimate of drug-likeness (QED) is 0.715. The number of hydrogen-bond donors (Lipinski definition) is 0. The third-order valence-electron chi connectivity index (χ3n) is 4.58. The molecule has 1 aliphatic heterocycles. The maximum absolute atomic E-state index is 12.6. The summed E-state index contributed by atoms with van der Waals surface area (Å²) in [5, 5.41) is 14.7. The summed E-state index contributed by atoms with van der Waals surface area (Å²) in [5.74, 6) is 0.603. The highest BCUT2D eigenvalue weighted by molar-refractivity contribution is 7.99. The topological polar surface area (TPSA) is 67.2 Å². The lowest BCUT2D eigenvalue weighted by atomic mass is 10.3. The molecule has 2 aromatic rings. The third kappa shape index (κ3) is 4.39. The molecule has 0 radical (unpaired) electrons. The number of tetrazole rings is 1. The van der Waals surface area contributed by atoms with E-state index in [1.165, 1.54) is 16.6 Å². The summed E-state index contributed by atoms with van der Waals surface area (Å²) in [6.45, 7) is 4.62. The molecule has 1 saturated carbocycles. The molecule has 1 aliphatic carbocycles. The first-order valence-corrected chi connectivity index (χ1v) is 10.6. The zero-order valence-electron chi connectivity index (χ0n) is 14.1. The van der Waals surface area contributed by atoms with Gasteiger partial charge < -0.3 is 4.90 Å². The van der Waals surface area contributed by atoms with E-state index in [1.807, 2.05) is 9.58 Å². The number of thiophene rings is 1. The van der Waals surface area contributed by atoms with Crippen LogP contribution in [0.4, 0.5) is 0 Å². The Balaban J connectivity index is 1.26. The van der Waals surface area contributed by atoms with Crippen LogP contribution in [0.25, 0.3) is 0 Å². The van der Waals surface area contributed by atoms with Gasteiger partial charge in [-0.15, -0.1) is 16.4 Å². The van der Waals surface area contributed by atoms with E-state index in [9.17, 15) is 4.79 Å². The summed E-state index contributed by atoms with van der Waals surface area (Å²) in [4.78, 5) is 18.4. The van der Waals surface area contributed by atoms with Crippen molar-refractivity contribution in [3.8, 4) is 0 Å². The molecule has 1 amide bonds. The number of hydrogen-bond acceptors (Lipinski definition) is 7. The Labute approximate surface area is 155 Å². The Morgan fingerprint density at radius 1 is 1.28 bits per heavy atom. The largest absolute Gasteiger partial charge is 0.341 e. The van der Waals surface area contributed by atoms with Crippen molar-refractivity contribution < 1.29 is 4.79 Å². The molecule has 9 heteroatoms. The van der Waals surface area contributed by atoms with Gasteiger partial charge in [-0.2, -0.15) is 0 Å². The van der Waals surface area contributed by atoms with E-state index in [1.54, 1.807) is 11.3 Å². The number of amides is 1. The van der Waals surface area contributed by atoms with Crippen LogP contribution in [0.1, 0.15) is 30.2 Å². The Hall–Kier alpha value is -1.45. The average molecular weight is 379 g/mol. The predicted molar refractivity (Wildman–Crippen MR) is 97.6 cm³/mol. The Morgan fingerprint density at radius 3 is 3.00 bits per heavy atom. The highest BCUT2D eigenvalue weighted by Gasteiger charge is 2.28. The van der Waals surface area contributed by atoms with Crippen LogP contribution < -0.4 is 0 Å². The summed E-state index contributed by atoms with van der Waals surface area (Å²) < 4.78 is 1.86. The van der Waals surface area contributed by atoms with Crippen molar-refractivity contribution in [2.24, 2.45) is 0 Å². The zero-order valence-corrected chi connectivity index (χ0v) is 15.7. The number of rotatable bonds is 6. The van der Waals surface area contributed by atoms with Crippen LogP contribution in [0.3, 0.4) is 0 Å². The molecule has 2 fully saturated rings. The molecule has 0 N–H and O–H groups in total. The lowest BCUT2D eigenvalue weighted by molar-refractivity contribution is -0.128. The fourth-order valence-corrected chi connectivity index (χ4v) is 4.64. The van der Waals surface area contributed by atoms with E-state index in [0.29, 0.717) is 11.8 Å². The smallest absolute Gasteiger partial charge is 0.233 e. The van der Waals surface area contributed by atoms with Crippen LogP contribution in [0.15, 0.2) is 22.7 Å². The van der Waals surface area contributed by atoms with E-state index >= 15 is 0 Å². The normalized spacial score (nSPS) is 19.1. The second-order valence-electron chi connectivity index (χ2n) is 6.52. The molecule has 0 unspecified atom stereocenters. The van der Waals surface area contributed by atoms with Crippen molar-refractivity contribution in [1.29, 1.82) is 0 Å². The third-order valence-corrected chi connectivity index (χ3v) is 6.36. The molecule has 1 saturated heterocycles. The number of thioether (sulfide) groups is 1. The van der Waals surface area contributed by atoms with E-state index in [-0.39, 0.29) is 5.91 Å².